The molecule has 0 fully saturated rings. The fraction of sp³-hybridized carbons (Fsp3) is 0.500. The average Bonchev–Trinajstić information content (AvgIpc) is 3.04. The number of aromatic nitrogens is 2. The van der Waals surface area contributed by atoms with Crippen LogP contribution in [0.1, 0.15) is 38.1 Å². The highest BCUT2D eigenvalue weighted by Crippen LogP contribution is 2.31. The van der Waals surface area contributed by atoms with Crippen molar-refractivity contribution in [3.63, 3.8) is 0 Å². The molecule has 0 radical (unpaired) electrons. The molecule has 108 valence electrons. The van der Waals surface area contributed by atoms with Crippen molar-refractivity contribution < 1.29 is 18.8 Å². The molecule has 0 aliphatic rings. The molecule has 0 saturated carbocycles. The molecule has 0 aliphatic heterocycles. The number of carboxylic acid groups (broad SMARTS) is 1. The van der Waals surface area contributed by atoms with Crippen LogP contribution in [0, 0.1) is 12.3 Å². The van der Waals surface area contributed by atoms with E-state index in [4.69, 9.17) is 8.94 Å². The van der Waals surface area contributed by atoms with Gasteiger partial charge >= 0.3 is 5.97 Å². The molecule has 0 unspecified atom stereocenters. The van der Waals surface area contributed by atoms with E-state index in [1.165, 1.54) is 0 Å². The zero-order valence-electron chi connectivity index (χ0n) is 11.8. The summed E-state index contributed by atoms with van der Waals surface area (Å²) in [5.41, 5.74) is 0.0509. The fourth-order valence-electron chi connectivity index (χ4n) is 2.19. The molecule has 20 heavy (non-hydrogen) atoms. The highest BCUT2D eigenvalue weighted by molar-refractivity contribution is 5.74. The van der Waals surface area contributed by atoms with Crippen LogP contribution in [-0.2, 0) is 11.2 Å². The largest absolute Gasteiger partial charge is 0.481 e. The normalized spacial score (nSPS) is 11.8. The quantitative estimate of drug-likeness (QED) is 0.873. The predicted molar refractivity (Wildman–Crippen MR) is 71.1 cm³/mol. The minimum atomic E-state index is -0.859. The van der Waals surface area contributed by atoms with Gasteiger partial charge in [-0.2, -0.15) is 4.98 Å². The first-order valence-electron chi connectivity index (χ1n) is 6.63. The van der Waals surface area contributed by atoms with E-state index in [9.17, 15) is 9.90 Å². The van der Waals surface area contributed by atoms with Crippen LogP contribution < -0.4 is 0 Å². The third-order valence-electron chi connectivity index (χ3n) is 3.83. The first-order valence-corrected chi connectivity index (χ1v) is 6.63. The monoisotopic (exact) mass is 278 g/mol. The molecule has 6 nitrogen and oxygen atoms in total. The SMILES string of the molecule is CCC(CC)(Cc1nc(-c2occc2C)no1)C(=O)O. The molecule has 0 aliphatic carbocycles. The number of hydrogen-bond donors (Lipinski definition) is 1. The Bertz CT molecular complexity index is 596. The Morgan fingerprint density at radius 2 is 2.10 bits per heavy atom. The molecule has 0 aromatic carbocycles. The maximum atomic E-state index is 11.5. The molecule has 0 amide bonds. The maximum Gasteiger partial charge on any atom is 0.310 e. The minimum absolute atomic E-state index is 0.224. The molecule has 2 aromatic rings. The molecule has 2 aromatic heterocycles. The smallest absolute Gasteiger partial charge is 0.310 e. The summed E-state index contributed by atoms with van der Waals surface area (Å²) in [6, 6.07) is 1.81. The number of carbonyl (C=O) groups is 1. The lowest BCUT2D eigenvalue weighted by molar-refractivity contribution is -0.149. The van der Waals surface area contributed by atoms with E-state index in [0.29, 0.717) is 30.3 Å². The van der Waals surface area contributed by atoms with E-state index >= 15 is 0 Å². The van der Waals surface area contributed by atoms with Crippen molar-refractivity contribution in [2.75, 3.05) is 0 Å². The molecule has 2 heterocycles. The summed E-state index contributed by atoms with van der Waals surface area (Å²) in [6.45, 7) is 5.59. The van der Waals surface area contributed by atoms with Crippen LogP contribution in [0.3, 0.4) is 0 Å². The molecular weight excluding hydrogens is 260 g/mol. The number of aliphatic carboxylic acids is 1. The lowest BCUT2D eigenvalue weighted by Gasteiger charge is -2.24. The molecule has 0 atom stereocenters. The number of nitrogens with zero attached hydrogens (tertiary/aromatic N) is 2. The Balaban J connectivity index is 2.25. The van der Waals surface area contributed by atoms with Gasteiger partial charge in [-0.1, -0.05) is 19.0 Å². The van der Waals surface area contributed by atoms with Gasteiger partial charge in [0.15, 0.2) is 5.76 Å². The molecule has 6 heteroatoms. The average molecular weight is 278 g/mol. The summed E-state index contributed by atoms with van der Waals surface area (Å²) in [7, 11) is 0. The summed E-state index contributed by atoms with van der Waals surface area (Å²) in [5, 5.41) is 13.3. The molecule has 2 rings (SSSR count). The summed E-state index contributed by atoms with van der Waals surface area (Å²) < 4.78 is 10.5. The third-order valence-corrected chi connectivity index (χ3v) is 3.83. The standard InChI is InChI=1S/C14H18N2O4/c1-4-14(5-2,13(17)18)8-10-15-12(16-20-10)11-9(3)6-7-19-11/h6-7H,4-5,8H2,1-3H3,(H,17,18). The molecular formula is C14H18N2O4. The summed E-state index contributed by atoms with van der Waals surface area (Å²) in [4.78, 5) is 15.7. The lowest BCUT2D eigenvalue weighted by Crippen LogP contribution is -2.32. The van der Waals surface area contributed by atoms with E-state index in [-0.39, 0.29) is 6.42 Å². The minimum Gasteiger partial charge on any atom is -0.481 e. The topological polar surface area (TPSA) is 89.4 Å². The maximum absolute atomic E-state index is 11.5. The van der Waals surface area contributed by atoms with E-state index in [2.05, 4.69) is 10.1 Å². The predicted octanol–water partition coefficient (Wildman–Crippen LogP) is 3.07. The van der Waals surface area contributed by atoms with Crippen LogP contribution in [-0.4, -0.2) is 21.2 Å². The first kappa shape index (κ1) is 14.3. The Morgan fingerprint density at radius 1 is 1.40 bits per heavy atom. The number of aryl methyl sites for hydroxylation is 1. The summed E-state index contributed by atoms with van der Waals surface area (Å²) >= 11 is 0. The first-order chi connectivity index (χ1) is 9.52. The zero-order valence-corrected chi connectivity index (χ0v) is 11.8. The van der Waals surface area contributed by atoms with Crippen LogP contribution in [0.4, 0.5) is 0 Å². The van der Waals surface area contributed by atoms with Crippen molar-refractivity contribution in [2.45, 2.75) is 40.0 Å². The van der Waals surface area contributed by atoms with Crippen LogP contribution in [0.15, 0.2) is 21.3 Å². The van der Waals surface area contributed by atoms with Crippen molar-refractivity contribution in [1.29, 1.82) is 0 Å². The molecule has 0 saturated heterocycles. The van der Waals surface area contributed by atoms with E-state index in [1.54, 1.807) is 6.26 Å². The highest BCUT2D eigenvalue weighted by Gasteiger charge is 2.37. The molecule has 1 N–H and O–H groups in total. The van der Waals surface area contributed by atoms with Gasteiger partial charge in [-0.05, 0) is 31.4 Å². The number of hydrogen-bond acceptors (Lipinski definition) is 5. The van der Waals surface area contributed by atoms with Crippen molar-refractivity contribution in [1.82, 2.24) is 10.1 Å². The van der Waals surface area contributed by atoms with Gasteiger partial charge < -0.3 is 14.0 Å². The second-order valence-corrected chi connectivity index (χ2v) is 4.91. The number of carboxylic acids is 1. The van der Waals surface area contributed by atoms with Crippen LogP contribution in [0.2, 0.25) is 0 Å². The zero-order chi connectivity index (χ0) is 14.8. The summed E-state index contributed by atoms with van der Waals surface area (Å²) in [5.74, 6) is 0.390. The van der Waals surface area contributed by atoms with Crippen molar-refractivity contribution in [3.8, 4) is 11.6 Å². The third kappa shape index (κ3) is 2.45. The van der Waals surface area contributed by atoms with Gasteiger partial charge in [-0.3, -0.25) is 4.79 Å². The van der Waals surface area contributed by atoms with E-state index in [1.807, 2.05) is 26.8 Å². The van der Waals surface area contributed by atoms with Crippen molar-refractivity contribution in [2.24, 2.45) is 5.41 Å². The Kier molecular flexibility index (Phi) is 3.92. The lowest BCUT2D eigenvalue weighted by atomic mass is 9.79. The van der Waals surface area contributed by atoms with Gasteiger partial charge in [0.2, 0.25) is 11.7 Å². The van der Waals surface area contributed by atoms with Gasteiger partial charge in [0.1, 0.15) is 0 Å². The Labute approximate surface area is 116 Å². The van der Waals surface area contributed by atoms with Crippen molar-refractivity contribution in [3.05, 3.63) is 23.8 Å². The van der Waals surface area contributed by atoms with E-state index < -0.39 is 11.4 Å². The number of furan rings is 1. The Morgan fingerprint density at radius 3 is 2.60 bits per heavy atom. The van der Waals surface area contributed by atoms with Gasteiger partial charge in [0, 0.05) is 6.42 Å². The molecule has 0 spiro atoms. The van der Waals surface area contributed by atoms with Gasteiger partial charge in [0.05, 0.1) is 11.7 Å². The second-order valence-electron chi connectivity index (χ2n) is 4.91. The van der Waals surface area contributed by atoms with Crippen molar-refractivity contribution >= 4 is 5.97 Å². The van der Waals surface area contributed by atoms with Crippen LogP contribution in [0.25, 0.3) is 11.6 Å². The second kappa shape index (κ2) is 5.48. The summed E-state index contributed by atoms with van der Waals surface area (Å²) in [6.07, 6.45) is 2.80. The van der Waals surface area contributed by atoms with Gasteiger partial charge in [-0.25, -0.2) is 0 Å². The fourth-order valence-corrected chi connectivity index (χ4v) is 2.19. The molecule has 0 bridgehead atoms. The Hall–Kier alpha value is -2.11. The highest BCUT2D eigenvalue weighted by atomic mass is 16.5. The van der Waals surface area contributed by atoms with Crippen LogP contribution in [0.5, 0.6) is 0 Å². The van der Waals surface area contributed by atoms with E-state index in [0.717, 1.165) is 5.56 Å². The van der Waals surface area contributed by atoms with Gasteiger partial charge in [-0.15, -0.1) is 0 Å². The van der Waals surface area contributed by atoms with Gasteiger partial charge in [0.25, 0.3) is 0 Å². The number of rotatable bonds is 6. The van der Waals surface area contributed by atoms with Crippen LogP contribution >= 0.6 is 0 Å².